The number of benzene rings is 1. The second kappa shape index (κ2) is 7.30. The van der Waals surface area contributed by atoms with Crippen LogP contribution >= 0.6 is 0 Å². The van der Waals surface area contributed by atoms with Gasteiger partial charge in [-0.25, -0.2) is 0 Å². The van der Waals surface area contributed by atoms with Crippen molar-refractivity contribution in [2.24, 2.45) is 5.92 Å². The van der Waals surface area contributed by atoms with Crippen molar-refractivity contribution < 1.29 is 4.79 Å². The zero-order valence-electron chi connectivity index (χ0n) is 14.6. The summed E-state index contributed by atoms with van der Waals surface area (Å²) in [4.78, 5) is 14.7. The van der Waals surface area contributed by atoms with E-state index in [1.54, 1.807) is 0 Å². The molecule has 0 atom stereocenters. The Kier molecular flexibility index (Phi) is 4.72. The number of carbonyl (C=O) groups excluding carboxylic acids is 1. The number of nitrogens with zero attached hydrogens (tertiary/aromatic N) is 2. The van der Waals surface area contributed by atoms with Crippen molar-refractivity contribution in [3.8, 4) is 11.1 Å². The fraction of sp³-hybridized carbons (Fsp3) is 0.500. The van der Waals surface area contributed by atoms with Crippen molar-refractivity contribution in [1.29, 1.82) is 0 Å². The van der Waals surface area contributed by atoms with Crippen LogP contribution in [0.1, 0.15) is 38.5 Å². The highest BCUT2D eigenvalue weighted by Gasteiger charge is 2.26. The Morgan fingerprint density at radius 1 is 1.04 bits per heavy atom. The molecule has 132 valence electrons. The molecule has 25 heavy (non-hydrogen) atoms. The zero-order chi connectivity index (χ0) is 17.1. The number of nitrogens with one attached hydrogen (secondary N) is 2. The third-order valence-corrected chi connectivity index (χ3v) is 5.63. The van der Waals surface area contributed by atoms with Gasteiger partial charge >= 0.3 is 0 Å². The lowest BCUT2D eigenvalue weighted by Crippen LogP contribution is -2.46. The van der Waals surface area contributed by atoms with E-state index in [4.69, 9.17) is 0 Å². The molecule has 1 aliphatic heterocycles. The quantitative estimate of drug-likeness (QED) is 0.899. The number of H-pyrrole nitrogens is 1. The van der Waals surface area contributed by atoms with Crippen molar-refractivity contribution in [1.82, 2.24) is 15.5 Å². The molecule has 5 heteroatoms. The van der Waals surface area contributed by atoms with Gasteiger partial charge in [-0.1, -0.05) is 25.0 Å². The Hall–Kier alpha value is -2.30. The first-order valence-electron chi connectivity index (χ1n) is 9.44. The zero-order valence-corrected chi connectivity index (χ0v) is 14.6. The third kappa shape index (κ3) is 3.70. The molecule has 1 aliphatic carbocycles. The van der Waals surface area contributed by atoms with Crippen LogP contribution in [0.5, 0.6) is 0 Å². The summed E-state index contributed by atoms with van der Waals surface area (Å²) in [6.07, 6.45) is 10.4. The molecule has 1 amide bonds. The van der Waals surface area contributed by atoms with E-state index in [1.807, 2.05) is 12.4 Å². The molecule has 1 saturated carbocycles. The van der Waals surface area contributed by atoms with Crippen LogP contribution in [-0.4, -0.2) is 35.2 Å². The van der Waals surface area contributed by atoms with Gasteiger partial charge in [0.2, 0.25) is 5.91 Å². The van der Waals surface area contributed by atoms with Gasteiger partial charge in [0.1, 0.15) is 0 Å². The number of hydrogen-bond donors (Lipinski definition) is 2. The molecule has 0 spiro atoms. The molecule has 0 bridgehead atoms. The van der Waals surface area contributed by atoms with Crippen LogP contribution in [-0.2, 0) is 4.79 Å². The summed E-state index contributed by atoms with van der Waals surface area (Å²) in [7, 11) is 0. The lowest BCUT2D eigenvalue weighted by Gasteiger charge is -2.34. The Labute approximate surface area is 148 Å². The molecule has 4 rings (SSSR count). The highest BCUT2D eigenvalue weighted by molar-refractivity contribution is 5.79. The van der Waals surface area contributed by atoms with Crippen molar-refractivity contribution in [2.75, 3.05) is 18.0 Å². The fourth-order valence-corrected chi connectivity index (χ4v) is 4.06. The van der Waals surface area contributed by atoms with Gasteiger partial charge in [0.25, 0.3) is 0 Å². The summed E-state index contributed by atoms with van der Waals surface area (Å²) >= 11 is 0. The summed E-state index contributed by atoms with van der Waals surface area (Å²) < 4.78 is 0. The van der Waals surface area contributed by atoms with E-state index in [-0.39, 0.29) is 5.92 Å². The molecule has 1 aromatic carbocycles. The fourth-order valence-electron chi connectivity index (χ4n) is 4.06. The van der Waals surface area contributed by atoms with Crippen LogP contribution in [0.2, 0.25) is 0 Å². The lowest BCUT2D eigenvalue weighted by molar-refractivity contribution is -0.125. The van der Waals surface area contributed by atoms with Gasteiger partial charge in [-0.15, -0.1) is 0 Å². The highest BCUT2D eigenvalue weighted by atomic mass is 16.1. The van der Waals surface area contributed by atoms with Crippen molar-refractivity contribution in [3.05, 3.63) is 36.7 Å². The predicted octanol–water partition coefficient (Wildman–Crippen LogP) is 3.35. The first kappa shape index (κ1) is 16.2. The average Bonchev–Trinajstić information content (AvgIpc) is 3.36. The molecule has 2 fully saturated rings. The van der Waals surface area contributed by atoms with E-state index in [2.05, 4.69) is 44.7 Å². The van der Waals surface area contributed by atoms with Crippen LogP contribution < -0.4 is 10.2 Å². The predicted molar refractivity (Wildman–Crippen MR) is 99.4 cm³/mol. The molecular formula is C20H26N4O. The minimum absolute atomic E-state index is 0.272. The molecule has 2 aromatic rings. The van der Waals surface area contributed by atoms with E-state index in [9.17, 15) is 4.79 Å². The van der Waals surface area contributed by atoms with Gasteiger partial charge in [-0.05, 0) is 43.4 Å². The second-order valence-corrected chi connectivity index (χ2v) is 7.29. The number of carbonyl (C=O) groups is 1. The largest absolute Gasteiger partial charge is 0.371 e. The summed E-state index contributed by atoms with van der Waals surface area (Å²) in [6.45, 7) is 2.00. The maximum Gasteiger partial charge on any atom is 0.223 e. The summed E-state index contributed by atoms with van der Waals surface area (Å²) in [5, 5.41) is 10.1. The number of hydrogen-bond acceptors (Lipinski definition) is 3. The number of rotatable bonds is 4. The lowest BCUT2D eigenvalue weighted by atomic mass is 10.0. The molecule has 2 aliphatic rings. The average molecular weight is 338 g/mol. The number of aromatic nitrogens is 2. The number of amides is 1. The van der Waals surface area contributed by atoms with E-state index in [0.29, 0.717) is 11.9 Å². The van der Waals surface area contributed by atoms with Crippen LogP contribution in [0, 0.1) is 5.92 Å². The summed E-state index contributed by atoms with van der Waals surface area (Å²) in [6, 6.07) is 9.00. The molecule has 0 radical (unpaired) electrons. The number of anilines is 1. The molecular weight excluding hydrogens is 312 g/mol. The van der Waals surface area contributed by atoms with Gasteiger partial charge < -0.3 is 10.2 Å². The number of aromatic amines is 1. The Morgan fingerprint density at radius 3 is 2.40 bits per heavy atom. The minimum atomic E-state index is 0.272. The SMILES string of the molecule is O=C(NC1CCN(c2ccc(-c3cn[nH]c3)cc2)CC1)C1CCCC1. The first-order valence-corrected chi connectivity index (χ1v) is 9.44. The minimum Gasteiger partial charge on any atom is -0.371 e. The normalized spacial score (nSPS) is 19.3. The maximum absolute atomic E-state index is 12.3. The van der Waals surface area contributed by atoms with Crippen molar-refractivity contribution in [2.45, 2.75) is 44.6 Å². The molecule has 0 unspecified atom stereocenters. The van der Waals surface area contributed by atoms with Crippen LogP contribution in [0.15, 0.2) is 36.7 Å². The van der Waals surface area contributed by atoms with Crippen LogP contribution in [0.3, 0.4) is 0 Å². The van der Waals surface area contributed by atoms with E-state index < -0.39 is 0 Å². The van der Waals surface area contributed by atoms with Gasteiger partial charge in [-0.2, -0.15) is 5.10 Å². The monoisotopic (exact) mass is 338 g/mol. The first-order chi connectivity index (χ1) is 12.3. The highest BCUT2D eigenvalue weighted by Crippen LogP contribution is 2.27. The summed E-state index contributed by atoms with van der Waals surface area (Å²) in [5.74, 6) is 0.564. The third-order valence-electron chi connectivity index (χ3n) is 5.63. The molecule has 1 aromatic heterocycles. The number of piperidine rings is 1. The molecule has 2 heterocycles. The standard InChI is InChI=1S/C20H26N4O/c25-20(16-3-1-2-4-16)23-18-9-11-24(12-10-18)19-7-5-15(6-8-19)17-13-21-22-14-17/h5-8,13-14,16,18H,1-4,9-12H2,(H,21,22)(H,23,25). The smallest absolute Gasteiger partial charge is 0.223 e. The van der Waals surface area contributed by atoms with E-state index in [0.717, 1.165) is 44.3 Å². The van der Waals surface area contributed by atoms with E-state index >= 15 is 0 Å². The second-order valence-electron chi connectivity index (χ2n) is 7.29. The maximum atomic E-state index is 12.3. The Balaban J connectivity index is 1.30. The van der Waals surface area contributed by atoms with Gasteiger partial charge in [0, 0.05) is 42.5 Å². The van der Waals surface area contributed by atoms with E-state index in [1.165, 1.54) is 24.1 Å². The molecule has 5 nitrogen and oxygen atoms in total. The molecule has 2 N–H and O–H groups in total. The van der Waals surface area contributed by atoms with Gasteiger partial charge in [0.15, 0.2) is 0 Å². The Morgan fingerprint density at radius 2 is 1.76 bits per heavy atom. The van der Waals surface area contributed by atoms with Crippen molar-refractivity contribution >= 4 is 11.6 Å². The summed E-state index contributed by atoms with van der Waals surface area (Å²) in [5.41, 5.74) is 3.55. The van der Waals surface area contributed by atoms with Crippen LogP contribution in [0.25, 0.3) is 11.1 Å². The topological polar surface area (TPSA) is 61.0 Å². The van der Waals surface area contributed by atoms with Crippen LogP contribution in [0.4, 0.5) is 5.69 Å². The molecule has 1 saturated heterocycles. The van der Waals surface area contributed by atoms with Crippen molar-refractivity contribution in [3.63, 3.8) is 0 Å². The Bertz CT molecular complexity index is 681. The van der Waals surface area contributed by atoms with Gasteiger partial charge in [0.05, 0.1) is 6.20 Å². The van der Waals surface area contributed by atoms with Gasteiger partial charge in [-0.3, -0.25) is 9.89 Å².